The molecule has 0 saturated carbocycles. The molecule has 9 heteroatoms. The van der Waals surface area contributed by atoms with Crippen molar-refractivity contribution < 1.29 is 18.1 Å². The predicted molar refractivity (Wildman–Crippen MR) is 83.5 cm³/mol. The van der Waals surface area contributed by atoms with Gasteiger partial charge in [0.05, 0.1) is 4.92 Å². The Kier molecular flexibility index (Phi) is 4.91. The second kappa shape index (κ2) is 6.73. The van der Waals surface area contributed by atoms with Gasteiger partial charge in [0.25, 0.3) is 0 Å². The van der Waals surface area contributed by atoms with E-state index in [1.54, 1.807) is 37.3 Å². The van der Waals surface area contributed by atoms with E-state index in [1.165, 1.54) is 4.90 Å². The Morgan fingerprint density at radius 3 is 2.42 bits per heavy atom. The molecule has 128 valence electrons. The monoisotopic (exact) mass is 340 g/mol. The van der Waals surface area contributed by atoms with E-state index in [0.29, 0.717) is 6.07 Å². The molecule has 0 atom stereocenters. The first-order valence-electron chi connectivity index (χ1n) is 7.05. The van der Waals surface area contributed by atoms with Gasteiger partial charge in [0.1, 0.15) is 11.4 Å². The number of nitrogen functional groups attached to an aromatic ring is 1. The average Bonchev–Trinajstić information content (AvgIpc) is 2.51. The molecule has 1 aromatic carbocycles. The van der Waals surface area contributed by atoms with Crippen LogP contribution < -0.4 is 10.6 Å². The molecular weight excluding hydrogens is 325 g/mol. The molecule has 2 aromatic rings. The number of nitrogens with two attached hydrogens (primary N) is 1. The van der Waals surface area contributed by atoms with Crippen LogP contribution in [-0.2, 0) is 12.7 Å². The van der Waals surface area contributed by atoms with Crippen molar-refractivity contribution in [1.82, 2.24) is 4.98 Å². The fraction of sp³-hybridized carbons (Fsp3) is 0.267. The van der Waals surface area contributed by atoms with Gasteiger partial charge in [0, 0.05) is 13.1 Å². The van der Waals surface area contributed by atoms with Gasteiger partial charge in [0.2, 0.25) is 5.82 Å². The molecule has 1 heterocycles. The Bertz CT molecular complexity index is 735. The van der Waals surface area contributed by atoms with Crippen molar-refractivity contribution in [3.8, 4) is 0 Å². The molecule has 0 aliphatic rings. The van der Waals surface area contributed by atoms with E-state index in [-0.39, 0.29) is 18.8 Å². The van der Waals surface area contributed by atoms with E-state index >= 15 is 0 Å². The SMILES string of the molecule is CCN(Cc1ccccc1)c1cc(C(F)(F)F)nc(N)c1[N+](=O)[O-]. The molecule has 0 radical (unpaired) electrons. The van der Waals surface area contributed by atoms with Crippen LogP contribution in [-0.4, -0.2) is 16.5 Å². The van der Waals surface area contributed by atoms with E-state index in [9.17, 15) is 23.3 Å². The zero-order chi connectivity index (χ0) is 17.9. The number of hydrogen-bond donors (Lipinski definition) is 1. The summed E-state index contributed by atoms with van der Waals surface area (Å²) in [6.07, 6.45) is -4.75. The second-order valence-electron chi connectivity index (χ2n) is 5.02. The molecule has 0 bridgehead atoms. The van der Waals surface area contributed by atoms with Crippen molar-refractivity contribution in [1.29, 1.82) is 0 Å². The molecule has 0 unspecified atom stereocenters. The standard InChI is InChI=1S/C15H15F3N4O2/c1-2-21(9-10-6-4-3-5-7-10)11-8-12(15(16,17)18)20-14(19)13(11)22(23)24/h3-8H,2,9H2,1H3,(H2,19,20). The van der Waals surface area contributed by atoms with E-state index in [1.807, 2.05) is 0 Å². The minimum atomic E-state index is -4.75. The zero-order valence-electron chi connectivity index (χ0n) is 12.7. The summed E-state index contributed by atoms with van der Waals surface area (Å²) in [7, 11) is 0. The summed E-state index contributed by atoms with van der Waals surface area (Å²) in [5.41, 5.74) is 4.15. The smallest absolute Gasteiger partial charge is 0.378 e. The molecule has 6 nitrogen and oxygen atoms in total. The molecule has 24 heavy (non-hydrogen) atoms. The number of hydrogen-bond acceptors (Lipinski definition) is 5. The number of nitrogens with zero attached hydrogens (tertiary/aromatic N) is 3. The van der Waals surface area contributed by atoms with Crippen LogP contribution >= 0.6 is 0 Å². The fourth-order valence-corrected chi connectivity index (χ4v) is 2.29. The number of alkyl halides is 3. The first-order valence-corrected chi connectivity index (χ1v) is 7.05. The number of rotatable bonds is 5. The van der Waals surface area contributed by atoms with Crippen LogP contribution in [0.1, 0.15) is 18.2 Å². The van der Waals surface area contributed by atoms with Gasteiger partial charge < -0.3 is 10.6 Å². The van der Waals surface area contributed by atoms with Crippen molar-refractivity contribution in [3.05, 3.63) is 57.8 Å². The summed E-state index contributed by atoms with van der Waals surface area (Å²) in [4.78, 5) is 15.0. The minimum Gasteiger partial charge on any atom is -0.378 e. The predicted octanol–water partition coefficient (Wildman–Crippen LogP) is 3.62. The van der Waals surface area contributed by atoms with Crippen LogP contribution in [0.5, 0.6) is 0 Å². The van der Waals surface area contributed by atoms with Gasteiger partial charge in [-0.1, -0.05) is 30.3 Å². The molecule has 1 aromatic heterocycles. The van der Waals surface area contributed by atoms with Crippen LogP contribution in [0.2, 0.25) is 0 Å². The van der Waals surface area contributed by atoms with E-state index in [2.05, 4.69) is 4.98 Å². The van der Waals surface area contributed by atoms with Crippen molar-refractivity contribution in [2.75, 3.05) is 17.2 Å². The van der Waals surface area contributed by atoms with Crippen molar-refractivity contribution in [2.45, 2.75) is 19.6 Å². The van der Waals surface area contributed by atoms with E-state index in [0.717, 1.165) is 5.56 Å². The lowest BCUT2D eigenvalue weighted by molar-refractivity contribution is -0.383. The van der Waals surface area contributed by atoms with Gasteiger partial charge in [-0.25, -0.2) is 4.98 Å². The Balaban J connectivity index is 2.55. The van der Waals surface area contributed by atoms with Crippen LogP contribution in [0, 0.1) is 10.1 Å². The van der Waals surface area contributed by atoms with Crippen LogP contribution in [0.4, 0.5) is 30.4 Å². The minimum absolute atomic E-state index is 0.203. The molecule has 2 rings (SSSR count). The van der Waals surface area contributed by atoms with Crippen LogP contribution in [0.15, 0.2) is 36.4 Å². The molecule has 0 fully saturated rings. The summed E-state index contributed by atoms with van der Waals surface area (Å²) < 4.78 is 38.9. The number of halogens is 3. The van der Waals surface area contributed by atoms with Gasteiger partial charge >= 0.3 is 11.9 Å². The fourth-order valence-electron chi connectivity index (χ4n) is 2.29. The number of benzene rings is 1. The topological polar surface area (TPSA) is 85.3 Å². The molecule has 0 spiro atoms. The first kappa shape index (κ1) is 17.5. The molecule has 0 amide bonds. The molecular formula is C15H15F3N4O2. The quantitative estimate of drug-likeness (QED) is 0.664. The largest absolute Gasteiger partial charge is 0.433 e. The highest BCUT2D eigenvalue weighted by atomic mass is 19.4. The lowest BCUT2D eigenvalue weighted by Crippen LogP contribution is -2.24. The Morgan fingerprint density at radius 2 is 1.92 bits per heavy atom. The number of aromatic nitrogens is 1. The lowest BCUT2D eigenvalue weighted by atomic mass is 10.1. The maximum absolute atomic E-state index is 13.0. The average molecular weight is 340 g/mol. The van der Waals surface area contributed by atoms with Crippen LogP contribution in [0.25, 0.3) is 0 Å². The van der Waals surface area contributed by atoms with Crippen molar-refractivity contribution in [2.24, 2.45) is 0 Å². The van der Waals surface area contributed by atoms with Crippen molar-refractivity contribution >= 4 is 17.2 Å². The van der Waals surface area contributed by atoms with Gasteiger partial charge in [-0.3, -0.25) is 10.1 Å². The Hall–Kier alpha value is -2.84. The highest BCUT2D eigenvalue weighted by Gasteiger charge is 2.37. The number of nitro groups is 1. The number of pyridine rings is 1. The van der Waals surface area contributed by atoms with Gasteiger partial charge in [-0.2, -0.15) is 13.2 Å². The lowest BCUT2D eigenvalue weighted by Gasteiger charge is -2.24. The summed E-state index contributed by atoms with van der Waals surface area (Å²) in [5.74, 6) is -0.753. The van der Waals surface area contributed by atoms with E-state index in [4.69, 9.17) is 5.73 Å². The summed E-state index contributed by atoms with van der Waals surface area (Å²) >= 11 is 0. The molecule has 0 aliphatic heterocycles. The van der Waals surface area contributed by atoms with Gasteiger partial charge in [-0.15, -0.1) is 0 Å². The second-order valence-corrected chi connectivity index (χ2v) is 5.02. The van der Waals surface area contributed by atoms with E-state index < -0.39 is 28.3 Å². The molecule has 0 aliphatic carbocycles. The normalized spacial score (nSPS) is 11.3. The highest BCUT2D eigenvalue weighted by Crippen LogP contribution is 2.38. The Morgan fingerprint density at radius 1 is 1.29 bits per heavy atom. The maximum atomic E-state index is 13.0. The summed E-state index contributed by atoms with van der Waals surface area (Å²) in [5, 5.41) is 11.3. The maximum Gasteiger partial charge on any atom is 0.433 e. The zero-order valence-corrected chi connectivity index (χ0v) is 12.7. The van der Waals surface area contributed by atoms with Gasteiger partial charge in [-0.05, 0) is 18.6 Å². The summed E-state index contributed by atoms with van der Waals surface area (Å²) in [6.45, 7) is 2.16. The Labute approximate surface area is 135 Å². The third-order valence-electron chi connectivity index (χ3n) is 3.41. The van der Waals surface area contributed by atoms with Crippen molar-refractivity contribution in [3.63, 3.8) is 0 Å². The highest BCUT2D eigenvalue weighted by molar-refractivity contribution is 5.73. The molecule has 0 saturated heterocycles. The summed E-state index contributed by atoms with van der Waals surface area (Å²) in [6, 6.07) is 9.59. The number of anilines is 2. The third kappa shape index (κ3) is 3.73. The third-order valence-corrected chi connectivity index (χ3v) is 3.41. The van der Waals surface area contributed by atoms with Gasteiger partial charge in [0.15, 0.2) is 0 Å². The molecule has 2 N–H and O–H groups in total. The first-order chi connectivity index (χ1) is 11.2. The van der Waals surface area contributed by atoms with Crippen LogP contribution in [0.3, 0.4) is 0 Å².